The summed E-state index contributed by atoms with van der Waals surface area (Å²) < 4.78 is 27.8. The zero-order valence-electron chi connectivity index (χ0n) is 23.8. The van der Waals surface area contributed by atoms with E-state index in [1.165, 1.54) is 12.1 Å². The van der Waals surface area contributed by atoms with Gasteiger partial charge < -0.3 is 35.2 Å². The molecular weight excluding hydrogens is 529 g/mol. The molecule has 3 N–H and O–H groups in total. The number of carbonyl (C=O) groups excluding carboxylic acids is 2. The van der Waals surface area contributed by atoms with Gasteiger partial charge in [0.05, 0.1) is 30.1 Å². The van der Waals surface area contributed by atoms with E-state index >= 15 is 4.39 Å². The first-order valence-corrected chi connectivity index (χ1v) is 14.6. The second-order valence-corrected chi connectivity index (χ2v) is 11.9. The minimum absolute atomic E-state index is 0.0301. The molecule has 3 amide bonds. The van der Waals surface area contributed by atoms with Gasteiger partial charge in [-0.2, -0.15) is 4.98 Å². The standard InChI is InChI=1S/C29H38FN7O4/c1-4-31-28(39)33-22-10-7-17(12-21(22)30)24-23-25(35-27(34-24)36-14-19-8-9-20(15-36)40-19)41-29(2,3)16-37(26(23)38)13-18-6-5-11-32-18/h7,10,12,18-20,32H,4-6,8-9,11,13-16H2,1-3H3,(H2,31,33,39). The summed E-state index contributed by atoms with van der Waals surface area (Å²) in [6.07, 6.45) is 4.23. The molecule has 4 aliphatic heterocycles. The summed E-state index contributed by atoms with van der Waals surface area (Å²) >= 11 is 0. The molecular formula is C29H38FN7O4. The number of nitrogens with zero attached hydrogens (tertiary/aromatic N) is 4. The van der Waals surface area contributed by atoms with Crippen LogP contribution in [-0.2, 0) is 4.74 Å². The van der Waals surface area contributed by atoms with E-state index in [1.807, 2.05) is 13.8 Å². The van der Waals surface area contributed by atoms with Crippen molar-refractivity contribution in [3.63, 3.8) is 0 Å². The van der Waals surface area contributed by atoms with Crippen molar-refractivity contribution in [2.75, 3.05) is 49.5 Å². The van der Waals surface area contributed by atoms with Crippen molar-refractivity contribution in [3.05, 3.63) is 29.6 Å². The zero-order chi connectivity index (χ0) is 28.7. The first-order valence-electron chi connectivity index (χ1n) is 14.6. The van der Waals surface area contributed by atoms with Crippen LogP contribution in [0.3, 0.4) is 0 Å². The molecule has 41 heavy (non-hydrogen) atoms. The van der Waals surface area contributed by atoms with Crippen LogP contribution >= 0.6 is 0 Å². The van der Waals surface area contributed by atoms with E-state index in [4.69, 9.17) is 19.4 Å². The van der Waals surface area contributed by atoms with Crippen LogP contribution in [0.2, 0.25) is 0 Å². The smallest absolute Gasteiger partial charge is 0.319 e. The van der Waals surface area contributed by atoms with Crippen molar-refractivity contribution in [1.29, 1.82) is 0 Å². The summed E-state index contributed by atoms with van der Waals surface area (Å²) in [6, 6.07) is 4.13. The number of morpholine rings is 1. The summed E-state index contributed by atoms with van der Waals surface area (Å²) in [5.41, 5.74) is 0.243. The fraction of sp³-hybridized carbons (Fsp3) is 0.586. The van der Waals surface area contributed by atoms with Gasteiger partial charge in [-0.15, -0.1) is 0 Å². The van der Waals surface area contributed by atoms with Gasteiger partial charge in [0.15, 0.2) is 0 Å². The van der Waals surface area contributed by atoms with Crippen LogP contribution in [0, 0.1) is 5.82 Å². The molecule has 220 valence electrons. The lowest BCUT2D eigenvalue weighted by Crippen LogP contribution is -2.47. The highest BCUT2D eigenvalue weighted by Gasteiger charge is 2.40. The van der Waals surface area contributed by atoms with Gasteiger partial charge >= 0.3 is 6.03 Å². The third kappa shape index (κ3) is 5.80. The normalized spacial score (nSPS) is 25.0. The Hall–Kier alpha value is -3.51. The van der Waals surface area contributed by atoms with Crippen LogP contribution in [0.5, 0.6) is 5.88 Å². The minimum Gasteiger partial charge on any atom is -0.469 e. The molecule has 0 spiro atoms. The number of nitrogens with one attached hydrogen (secondary N) is 3. The number of ether oxygens (including phenoxy) is 2. The summed E-state index contributed by atoms with van der Waals surface area (Å²) in [6.45, 7) is 9.19. The maximum absolute atomic E-state index is 15.3. The lowest BCUT2D eigenvalue weighted by atomic mass is 10.0. The average Bonchev–Trinajstić information content (AvgIpc) is 3.54. The highest BCUT2D eigenvalue weighted by Crippen LogP contribution is 2.38. The number of rotatable bonds is 6. The first kappa shape index (κ1) is 27.6. The fourth-order valence-corrected chi connectivity index (χ4v) is 6.22. The van der Waals surface area contributed by atoms with Crippen LogP contribution < -0.4 is 25.6 Å². The number of halogens is 1. The monoisotopic (exact) mass is 567 g/mol. The van der Waals surface area contributed by atoms with E-state index in [1.54, 1.807) is 17.9 Å². The van der Waals surface area contributed by atoms with Crippen molar-refractivity contribution in [2.45, 2.75) is 70.3 Å². The highest BCUT2D eigenvalue weighted by molar-refractivity contribution is 6.03. The van der Waals surface area contributed by atoms with E-state index in [9.17, 15) is 9.59 Å². The van der Waals surface area contributed by atoms with Gasteiger partial charge in [0.25, 0.3) is 5.91 Å². The van der Waals surface area contributed by atoms with Crippen LogP contribution in [0.25, 0.3) is 11.3 Å². The molecule has 12 heteroatoms. The molecule has 3 unspecified atom stereocenters. The predicted molar refractivity (Wildman–Crippen MR) is 152 cm³/mol. The Kier molecular flexibility index (Phi) is 7.45. The van der Waals surface area contributed by atoms with Crippen molar-refractivity contribution in [2.24, 2.45) is 0 Å². The third-order valence-corrected chi connectivity index (χ3v) is 8.07. The number of anilines is 2. The number of carbonyl (C=O) groups is 2. The summed E-state index contributed by atoms with van der Waals surface area (Å²) in [5.74, 6) is -0.252. The number of amides is 3. The second kappa shape index (κ2) is 11.1. The van der Waals surface area contributed by atoms with Gasteiger partial charge in [0, 0.05) is 37.8 Å². The molecule has 3 fully saturated rings. The number of hydrogen-bond donors (Lipinski definition) is 3. The van der Waals surface area contributed by atoms with Crippen LogP contribution in [0.1, 0.15) is 56.8 Å². The van der Waals surface area contributed by atoms with Gasteiger partial charge in [0.2, 0.25) is 11.8 Å². The largest absolute Gasteiger partial charge is 0.469 e. The topological polar surface area (TPSA) is 121 Å². The lowest BCUT2D eigenvalue weighted by molar-refractivity contribution is 0.0297. The van der Waals surface area contributed by atoms with Crippen molar-refractivity contribution >= 4 is 23.6 Å². The number of benzene rings is 1. The predicted octanol–water partition coefficient (Wildman–Crippen LogP) is 3.16. The molecule has 5 heterocycles. The van der Waals surface area contributed by atoms with Gasteiger partial charge in [-0.3, -0.25) is 4.79 Å². The summed E-state index contributed by atoms with van der Waals surface area (Å²) in [7, 11) is 0. The quantitative estimate of drug-likeness (QED) is 0.487. The third-order valence-electron chi connectivity index (χ3n) is 8.07. The molecule has 2 aromatic rings. The second-order valence-electron chi connectivity index (χ2n) is 11.9. The number of hydrogen-bond acceptors (Lipinski definition) is 8. The Morgan fingerprint density at radius 3 is 2.66 bits per heavy atom. The van der Waals surface area contributed by atoms with Crippen LogP contribution in [0.15, 0.2) is 18.2 Å². The Morgan fingerprint density at radius 2 is 1.98 bits per heavy atom. The number of urea groups is 1. The van der Waals surface area contributed by atoms with Crippen molar-refractivity contribution < 1.29 is 23.5 Å². The van der Waals surface area contributed by atoms with Gasteiger partial charge in [0.1, 0.15) is 17.0 Å². The molecule has 0 saturated carbocycles. The Bertz CT molecular complexity index is 1320. The molecule has 2 bridgehead atoms. The van der Waals surface area contributed by atoms with E-state index in [0.29, 0.717) is 49.9 Å². The highest BCUT2D eigenvalue weighted by atomic mass is 19.1. The first-order chi connectivity index (χ1) is 19.7. The molecule has 4 aliphatic rings. The van der Waals surface area contributed by atoms with Gasteiger partial charge in [-0.05, 0) is 65.1 Å². The molecule has 1 aromatic carbocycles. The molecule has 3 saturated heterocycles. The maximum atomic E-state index is 15.3. The minimum atomic E-state index is -0.710. The molecule has 11 nitrogen and oxygen atoms in total. The van der Waals surface area contributed by atoms with Crippen molar-refractivity contribution in [3.8, 4) is 17.1 Å². The van der Waals surface area contributed by atoms with E-state index in [-0.39, 0.29) is 41.3 Å². The van der Waals surface area contributed by atoms with E-state index in [0.717, 1.165) is 32.2 Å². The number of fused-ring (bicyclic) bond motifs is 3. The fourth-order valence-electron chi connectivity index (χ4n) is 6.22. The molecule has 0 aliphatic carbocycles. The number of aromatic nitrogens is 2. The SMILES string of the molecule is CCNC(=O)Nc1ccc(-c2nc(N3CC4CCC(C3)O4)nc3c2C(=O)N(CC2CCCN2)CC(C)(C)O3)cc1F. The van der Waals surface area contributed by atoms with Gasteiger partial charge in [-0.25, -0.2) is 14.2 Å². The van der Waals surface area contributed by atoms with E-state index in [2.05, 4.69) is 20.9 Å². The molecule has 1 aromatic heterocycles. The Balaban J connectivity index is 1.43. The van der Waals surface area contributed by atoms with E-state index < -0.39 is 17.4 Å². The average molecular weight is 568 g/mol. The maximum Gasteiger partial charge on any atom is 0.319 e. The van der Waals surface area contributed by atoms with Gasteiger partial charge in [-0.1, -0.05) is 6.07 Å². The van der Waals surface area contributed by atoms with Crippen LogP contribution in [0.4, 0.5) is 20.8 Å². The molecule has 3 atom stereocenters. The lowest BCUT2D eigenvalue weighted by Gasteiger charge is -2.33. The molecule has 0 radical (unpaired) electrons. The van der Waals surface area contributed by atoms with Crippen molar-refractivity contribution in [1.82, 2.24) is 25.5 Å². The summed E-state index contributed by atoms with van der Waals surface area (Å²) in [5, 5.41) is 8.59. The molecule has 6 rings (SSSR count). The Morgan fingerprint density at radius 1 is 1.20 bits per heavy atom. The summed E-state index contributed by atoms with van der Waals surface area (Å²) in [4.78, 5) is 39.8. The Labute approximate surface area is 239 Å². The van der Waals surface area contributed by atoms with Crippen LogP contribution in [-0.4, -0.2) is 89.9 Å². The zero-order valence-corrected chi connectivity index (χ0v) is 23.8.